The van der Waals surface area contributed by atoms with Gasteiger partial charge < -0.3 is 0 Å². The molecule has 0 aliphatic rings. The minimum Gasteiger partial charge on any atom is -0.275 e. The molecule has 0 bridgehead atoms. The number of hydrogen-bond acceptors (Lipinski definition) is 2. The van der Waals surface area contributed by atoms with Gasteiger partial charge in [0, 0.05) is 12.1 Å². The molecule has 0 saturated carbocycles. The van der Waals surface area contributed by atoms with Gasteiger partial charge in [0.2, 0.25) is 0 Å². The van der Waals surface area contributed by atoms with Crippen LogP contribution in [0.25, 0.3) is 6.08 Å². The Balaban J connectivity index is 2.37. The van der Waals surface area contributed by atoms with Gasteiger partial charge in [-0.25, -0.2) is 5.06 Å². The van der Waals surface area contributed by atoms with Crippen LogP contribution in [0, 0.1) is 0 Å². The van der Waals surface area contributed by atoms with Crippen molar-refractivity contribution in [1.29, 1.82) is 0 Å². The van der Waals surface area contributed by atoms with E-state index in [0.29, 0.717) is 18.2 Å². The first-order valence-electron chi connectivity index (χ1n) is 10.1. The Morgan fingerprint density at radius 3 is 1.92 bits per heavy atom. The van der Waals surface area contributed by atoms with E-state index in [1.54, 1.807) is 0 Å². The van der Waals surface area contributed by atoms with Crippen molar-refractivity contribution in [3.63, 3.8) is 0 Å². The Labute approximate surface area is 205 Å². The second kappa shape index (κ2) is 11.1. The van der Waals surface area contributed by atoms with E-state index >= 15 is 0 Å². The first-order valence-corrected chi connectivity index (χ1v) is 10.5. The molecule has 198 valence electrons. The second-order valence-corrected chi connectivity index (χ2v) is 8.03. The maximum atomic E-state index is 13.2. The van der Waals surface area contributed by atoms with E-state index in [0.717, 1.165) is 30.4 Å². The average molecular weight is 548 g/mol. The van der Waals surface area contributed by atoms with Crippen molar-refractivity contribution >= 4 is 23.6 Å². The molecule has 0 saturated heterocycles. The minimum absolute atomic E-state index is 0.0116. The third kappa shape index (κ3) is 7.63. The van der Waals surface area contributed by atoms with Crippen molar-refractivity contribution in [1.82, 2.24) is 5.06 Å². The molecule has 0 heterocycles. The predicted octanol–water partition coefficient (Wildman–Crippen LogP) is 7.99. The van der Waals surface area contributed by atoms with E-state index in [2.05, 4.69) is 0 Å². The van der Waals surface area contributed by atoms with Gasteiger partial charge in [0.05, 0.1) is 29.7 Å². The maximum Gasteiger partial charge on any atom is 0.416 e. The maximum absolute atomic E-state index is 13.2. The smallest absolute Gasteiger partial charge is 0.275 e. The molecule has 2 rings (SSSR count). The van der Waals surface area contributed by atoms with Gasteiger partial charge in [0.15, 0.2) is 0 Å². The summed E-state index contributed by atoms with van der Waals surface area (Å²) >= 11 is 6.05. The first kappa shape index (κ1) is 29.5. The van der Waals surface area contributed by atoms with Crippen molar-refractivity contribution < 1.29 is 49.1 Å². The quantitative estimate of drug-likeness (QED) is 0.260. The Morgan fingerprint density at radius 2 is 1.44 bits per heavy atom. The van der Waals surface area contributed by atoms with Crippen LogP contribution in [0.5, 0.6) is 0 Å². The number of nitrogens with zero attached hydrogens (tertiary/aromatic N) is 1. The van der Waals surface area contributed by atoms with Crippen LogP contribution in [0.3, 0.4) is 0 Å². The predicted molar refractivity (Wildman–Crippen MR) is 114 cm³/mol. The third-order valence-electron chi connectivity index (χ3n) is 5.12. The lowest BCUT2D eigenvalue weighted by Crippen LogP contribution is -2.31. The second-order valence-electron chi connectivity index (χ2n) is 7.62. The summed E-state index contributed by atoms with van der Waals surface area (Å²) in [4.78, 5) is 17.6. The van der Waals surface area contributed by atoms with Crippen LogP contribution in [-0.2, 0) is 28.2 Å². The highest BCUT2D eigenvalue weighted by Gasteiger charge is 2.37. The molecule has 1 atom stereocenters. The number of hydroxylamine groups is 2. The Bertz CT molecular complexity index is 1080. The molecule has 0 fully saturated rings. The zero-order valence-electron chi connectivity index (χ0n) is 18.7. The van der Waals surface area contributed by atoms with Crippen molar-refractivity contribution in [3.8, 4) is 0 Å². The molecule has 0 spiro atoms. The molecule has 2 aromatic rings. The van der Waals surface area contributed by atoms with Crippen molar-refractivity contribution in [2.45, 2.75) is 37.3 Å². The Morgan fingerprint density at radius 1 is 0.917 bits per heavy atom. The molecule has 0 radical (unpaired) electrons. The summed E-state index contributed by atoms with van der Waals surface area (Å²) in [5.74, 6) is -2.01. The number of likely N-dealkylation sites (N-methyl/N-ethyl adjacent to an activating group) is 1. The van der Waals surface area contributed by atoms with Crippen LogP contribution in [0.15, 0.2) is 42.5 Å². The van der Waals surface area contributed by atoms with Crippen LogP contribution in [0.2, 0.25) is 5.02 Å². The number of hydrogen-bond donors (Lipinski definition) is 0. The van der Waals surface area contributed by atoms with Crippen LogP contribution in [0.1, 0.15) is 46.6 Å². The number of rotatable bonds is 7. The SMILES string of the molecule is CON(C)C(=O)C(CC/C=C\c1cc(C(F)(F)F)cc(C(F)(F)F)c1)c1cc(C(F)(F)F)ccc1Cl. The molecule has 3 nitrogen and oxygen atoms in total. The van der Waals surface area contributed by atoms with E-state index in [1.165, 1.54) is 13.1 Å². The van der Waals surface area contributed by atoms with Gasteiger partial charge in [-0.15, -0.1) is 0 Å². The lowest BCUT2D eigenvalue weighted by molar-refractivity contribution is -0.170. The van der Waals surface area contributed by atoms with Crippen molar-refractivity contribution in [3.05, 3.63) is 75.3 Å². The zero-order chi connectivity index (χ0) is 27.5. The number of carbonyl (C=O) groups is 1. The number of alkyl halides is 9. The molecule has 2 aromatic carbocycles. The summed E-state index contributed by atoms with van der Waals surface area (Å²) < 4.78 is 118. The topological polar surface area (TPSA) is 29.5 Å². The molecule has 0 aromatic heterocycles. The van der Waals surface area contributed by atoms with Gasteiger partial charge in [-0.05, 0) is 60.4 Å². The summed E-state index contributed by atoms with van der Waals surface area (Å²) in [6.07, 6.45) is -12.8. The highest BCUT2D eigenvalue weighted by molar-refractivity contribution is 6.31. The van der Waals surface area contributed by atoms with E-state index < -0.39 is 52.6 Å². The largest absolute Gasteiger partial charge is 0.416 e. The van der Waals surface area contributed by atoms with E-state index in [-0.39, 0.29) is 29.5 Å². The molecule has 0 aliphatic carbocycles. The average Bonchev–Trinajstić information content (AvgIpc) is 2.76. The fourth-order valence-corrected chi connectivity index (χ4v) is 3.52. The molecule has 13 heteroatoms. The van der Waals surface area contributed by atoms with E-state index in [1.807, 2.05) is 0 Å². The van der Waals surface area contributed by atoms with Crippen LogP contribution in [0.4, 0.5) is 39.5 Å². The van der Waals surface area contributed by atoms with Crippen molar-refractivity contribution in [2.24, 2.45) is 0 Å². The third-order valence-corrected chi connectivity index (χ3v) is 5.47. The van der Waals surface area contributed by atoms with E-state index in [4.69, 9.17) is 16.4 Å². The Hall–Kier alpha value is -2.73. The highest BCUT2D eigenvalue weighted by atomic mass is 35.5. The molecular formula is C23H19ClF9NO2. The lowest BCUT2D eigenvalue weighted by Gasteiger charge is -2.23. The summed E-state index contributed by atoms with van der Waals surface area (Å²) in [7, 11) is 2.36. The molecule has 0 aliphatic heterocycles. The number of benzene rings is 2. The molecule has 0 N–H and O–H groups in total. The fourth-order valence-electron chi connectivity index (χ4n) is 3.27. The summed E-state index contributed by atoms with van der Waals surface area (Å²) in [6, 6.07) is 3.46. The first-order chi connectivity index (χ1) is 16.4. The molecular weight excluding hydrogens is 529 g/mol. The molecule has 36 heavy (non-hydrogen) atoms. The van der Waals surface area contributed by atoms with Crippen molar-refractivity contribution in [2.75, 3.05) is 14.2 Å². The highest BCUT2D eigenvalue weighted by Crippen LogP contribution is 2.38. The van der Waals surface area contributed by atoms with E-state index in [9.17, 15) is 44.3 Å². The Kier molecular flexibility index (Phi) is 9.11. The zero-order valence-corrected chi connectivity index (χ0v) is 19.4. The number of amides is 1. The van der Waals surface area contributed by atoms with Gasteiger partial charge in [0.25, 0.3) is 5.91 Å². The summed E-state index contributed by atoms with van der Waals surface area (Å²) in [5, 5.41) is 0.635. The number of allylic oxidation sites excluding steroid dienone is 1. The van der Waals surface area contributed by atoms with Crippen LogP contribution >= 0.6 is 11.6 Å². The fraction of sp³-hybridized carbons (Fsp3) is 0.348. The monoisotopic (exact) mass is 547 g/mol. The summed E-state index contributed by atoms with van der Waals surface area (Å²) in [5.41, 5.74) is -4.61. The van der Waals surface area contributed by atoms with Gasteiger partial charge in [-0.1, -0.05) is 23.8 Å². The van der Waals surface area contributed by atoms with Crippen LogP contribution < -0.4 is 0 Å². The normalized spacial score (nSPS) is 13.8. The van der Waals surface area contributed by atoms with Gasteiger partial charge in [-0.3, -0.25) is 9.63 Å². The number of halogens is 10. The molecule has 1 unspecified atom stereocenters. The minimum atomic E-state index is -5.02. The lowest BCUT2D eigenvalue weighted by atomic mass is 9.91. The van der Waals surface area contributed by atoms with Gasteiger partial charge in [-0.2, -0.15) is 39.5 Å². The van der Waals surface area contributed by atoms with Crippen LogP contribution in [-0.4, -0.2) is 25.1 Å². The standard InChI is InChI=1S/C23H19ClF9NO2/c1-34(36-2)20(35)17(18-12-14(21(25,26)27)7-8-19(18)24)6-4-3-5-13-9-15(22(28,29)30)11-16(10-13)23(31,32)33/h3,5,7-12,17H,4,6H2,1-2H3/b5-3-. The van der Waals surface area contributed by atoms with Gasteiger partial charge >= 0.3 is 18.5 Å². The number of carbonyl (C=O) groups excluding carboxylic acids is 1. The summed E-state index contributed by atoms with van der Waals surface area (Å²) in [6.45, 7) is 0. The van der Waals surface area contributed by atoms with Gasteiger partial charge in [0.1, 0.15) is 0 Å². The molecule has 1 amide bonds.